The number of aromatic nitrogens is 3. The minimum atomic E-state index is -1.55. The van der Waals surface area contributed by atoms with Gasteiger partial charge in [-0.15, -0.1) is 0 Å². The first-order valence-corrected chi connectivity index (χ1v) is 11.4. The van der Waals surface area contributed by atoms with E-state index >= 15 is 0 Å². The Balaban J connectivity index is 2.10. The van der Waals surface area contributed by atoms with Crippen molar-refractivity contribution in [3.63, 3.8) is 0 Å². The summed E-state index contributed by atoms with van der Waals surface area (Å²) in [5.41, 5.74) is -3.48. The lowest BCUT2D eigenvalue weighted by molar-refractivity contribution is 0.0664. The van der Waals surface area contributed by atoms with Gasteiger partial charge < -0.3 is 30.6 Å². The fraction of sp³-hybridized carbons (Fsp3) is 0. The largest absolute Gasteiger partial charge is 0.477 e. The second kappa shape index (κ2) is 10.9. The highest BCUT2D eigenvalue weighted by Crippen LogP contribution is 2.34. The molecule has 0 aliphatic carbocycles. The van der Waals surface area contributed by atoms with Crippen molar-refractivity contribution in [2.45, 2.75) is 0 Å². The van der Waals surface area contributed by atoms with Crippen molar-refractivity contribution in [2.24, 2.45) is 0 Å². The van der Waals surface area contributed by atoms with Crippen LogP contribution in [0.25, 0.3) is 33.4 Å². The minimum Gasteiger partial charge on any atom is -0.477 e. The number of rotatable bonds is 9. The average molecular weight is 573 g/mol. The number of carboxylic acids is 6. The molecule has 0 radical (unpaired) electrons. The molecule has 4 rings (SSSR count). The number of hydrogen-bond donors (Lipinski definition) is 6. The van der Waals surface area contributed by atoms with Crippen LogP contribution in [-0.4, -0.2) is 81.4 Å². The van der Waals surface area contributed by atoms with Gasteiger partial charge in [0.05, 0.1) is 0 Å². The molecule has 0 bridgehead atoms. The van der Waals surface area contributed by atoms with Crippen LogP contribution in [0.1, 0.15) is 62.9 Å². The van der Waals surface area contributed by atoms with Crippen molar-refractivity contribution in [1.29, 1.82) is 0 Å². The van der Waals surface area contributed by atoms with E-state index in [1.807, 2.05) is 0 Å². The summed E-state index contributed by atoms with van der Waals surface area (Å²) in [5, 5.41) is 56.8. The van der Waals surface area contributed by atoms with Crippen molar-refractivity contribution >= 4 is 35.8 Å². The van der Waals surface area contributed by atoms with Crippen LogP contribution < -0.4 is 0 Å². The fourth-order valence-corrected chi connectivity index (χ4v) is 3.88. The van der Waals surface area contributed by atoms with Gasteiger partial charge in [-0.2, -0.15) is 0 Å². The smallest absolute Gasteiger partial charge is 0.354 e. The predicted octanol–water partition coefficient (Wildman–Crippen LogP) is 3.06. The lowest BCUT2D eigenvalue weighted by atomic mass is 9.92. The van der Waals surface area contributed by atoms with E-state index in [1.165, 1.54) is 18.2 Å². The van der Waals surface area contributed by atoms with Gasteiger partial charge in [0.1, 0.15) is 34.2 Å². The number of carbonyl (C=O) groups is 6. The van der Waals surface area contributed by atoms with Gasteiger partial charge in [0.2, 0.25) is 0 Å². The Hall–Kier alpha value is -6.51. The van der Waals surface area contributed by atoms with E-state index < -0.39 is 70.0 Å². The molecule has 0 aliphatic rings. The molecule has 0 atom stereocenters. The number of carboxylic acid groups (broad SMARTS) is 6. The lowest BCUT2D eigenvalue weighted by Gasteiger charge is -2.13. The number of hydrogen-bond acceptors (Lipinski definition) is 9. The van der Waals surface area contributed by atoms with Crippen LogP contribution in [0.5, 0.6) is 0 Å². The summed E-state index contributed by atoms with van der Waals surface area (Å²) >= 11 is 0. The molecule has 15 heteroatoms. The molecule has 6 N–H and O–H groups in total. The van der Waals surface area contributed by atoms with Gasteiger partial charge in [0, 0.05) is 0 Å². The van der Waals surface area contributed by atoms with Gasteiger partial charge in [-0.1, -0.05) is 0 Å². The zero-order valence-corrected chi connectivity index (χ0v) is 20.7. The SMILES string of the molecule is O=C(O)c1cc(-c2cc(-c3cc(C(=O)O)nc(C(=O)O)c3)cc(-c3cc(C(=O)O)nc(C(=O)O)c3)c2)cc(C(=O)O)n1. The molecule has 0 unspecified atom stereocenters. The summed E-state index contributed by atoms with van der Waals surface area (Å²) in [6.07, 6.45) is 0. The molecule has 3 aromatic heterocycles. The number of benzene rings is 1. The Kier molecular flexibility index (Phi) is 7.42. The number of nitrogens with zero attached hydrogens (tertiary/aromatic N) is 3. The van der Waals surface area contributed by atoms with Crippen LogP contribution in [0.15, 0.2) is 54.6 Å². The third kappa shape index (κ3) is 5.89. The highest BCUT2D eigenvalue weighted by Gasteiger charge is 2.20. The molecule has 0 spiro atoms. The van der Waals surface area contributed by atoms with Gasteiger partial charge in [-0.05, 0) is 88.0 Å². The molecular weight excluding hydrogens is 558 g/mol. The maximum Gasteiger partial charge on any atom is 0.354 e. The molecule has 0 amide bonds. The van der Waals surface area contributed by atoms with Crippen LogP contribution in [0.2, 0.25) is 0 Å². The van der Waals surface area contributed by atoms with Gasteiger partial charge >= 0.3 is 35.8 Å². The topological polar surface area (TPSA) is 262 Å². The van der Waals surface area contributed by atoms with E-state index in [-0.39, 0.29) is 33.4 Å². The third-order valence-electron chi connectivity index (χ3n) is 5.72. The van der Waals surface area contributed by atoms with E-state index in [2.05, 4.69) is 15.0 Å². The van der Waals surface area contributed by atoms with Crippen LogP contribution >= 0.6 is 0 Å². The fourth-order valence-electron chi connectivity index (χ4n) is 3.88. The first-order valence-electron chi connectivity index (χ1n) is 11.4. The molecule has 4 aromatic rings. The van der Waals surface area contributed by atoms with E-state index in [4.69, 9.17) is 0 Å². The molecule has 0 saturated heterocycles. The van der Waals surface area contributed by atoms with Crippen LogP contribution in [0, 0.1) is 0 Å². The molecule has 1 aromatic carbocycles. The van der Waals surface area contributed by atoms with Crippen LogP contribution in [0.3, 0.4) is 0 Å². The van der Waals surface area contributed by atoms with E-state index in [0.717, 1.165) is 36.4 Å². The van der Waals surface area contributed by atoms with Gasteiger partial charge in [-0.3, -0.25) is 0 Å². The van der Waals surface area contributed by atoms with Crippen molar-refractivity contribution in [1.82, 2.24) is 15.0 Å². The van der Waals surface area contributed by atoms with Crippen LogP contribution in [-0.2, 0) is 0 Å². The van der Waals surface area contributed by atoms with Crippen molar-refractivity contribution < 1.29 is 59.4 Å². The van der Waals surface area contributed by atoms with E-state index in [1.54, 1.807) is 0 Å². The van der Waals surface area contributed by atoms with Gasteiger partial charge in [-0.25, -0.2) is 43.7 Å². The molecule has 210 valence electrons. The van der Waals surface area contributed by atoms with E-state index in [9.17, 15) is 59.4 Å². The predicted molar refractivity (Wildman–Crippen MR) is 138 cm³/mol. The van der Waals surface area contributed by atoms with Crippen molar-refractivity contribution in [3.05, 3.63) is 88.8 Å². The molecule has 42 heavy (non-hydrogen) atoms. The molecule has 0 saturated carbocycles. The maximum atomic E-state index is 11.6. The van der Waals surface area contributed by atoms with Crippen LogP contribution in [0.4, 0.5) is 0 Å². The lowest BCUT2D eigenvalue weighted by Crippen LogP contribution is -2.09. The first-order chi connectivity index (χ1) is 19.7. The Morgan fingerprint density at radius 3 is 0.595 bits per heavy atom. The summed E-state index contributed by atoms with van der Waals surface area (Å²) in [6, 6.07) is 10.4. The van der Waals surface area contributed by atoms with Gasteiger partial charge in [0.25, 0.3) is 0 Å². The Morgan fingerprint density at radius 1 is 0.310 bits per heavy atom. The number of aromatic carboxylic acids is 6. The third-order valence-corrected chi connectivity index (χ3v) is 5.72. The van der Waals surface area contributed by atoms with E-state index in [0.29, 0.717) is 0 Å². The zero-order valence-electron chi connectivity index (χ0n) is 20.7. The molecular formula is C27H15N3O12. The summed E-state index contributed by atoms with van der Waals surface area (Å²) in [5.74, 6) is -9.29. The molecule has 3 heterocycles. The normalized spacial score (nSPS) is 10.6. The number of pyridine rings is 3. The maximum absolute atomic E-state index is 11.6. The summed E-state index contributed by atoms with van der Waals surface area (Å²) in [7, 11) is 0. The first kappa shape index (κ1) is 28.5. The minimum absolute atomic E-state index is 0.000144. The zero-order chi connectivity index (χ0) is 30.9. The summed E-state index contributed by atoms with van der Waals surface area (Å²) < 4.78 is 0. The van der Waals surface area contributed by atoms with Crippen molar-refractivity contribution in [3.8, 4) is 33.4 Å². The standard InChI is InChI=1S/C27H15N3O12/c31-22(32)16-4-13(5-17(28-16)23(33)34)10-1-11(14-6-18(24(35)36)29-19(7-14)25(37)38)3-12(2-10)15-8-20(26(39)40)30-21(9-15)27(41)42/h1-9H,(H,31,32)(H,33,34)(H,35,36)(H,37,38)(H,39,40)(H,41,42). The second-order valence-electron chi connectivity index (χ2n) is 8.51. The highest BCUT2D eigenvalue weighted by atomic mass is 16.4. The Morgan fingerprint density at radius 2 is 0.452 bits per heavy atom. The molecule has 0 aliphatic heterocycles. The quantitative estimate of drug-likeness (QED) is 0.168. The Labute approximate surface area is 232 Å². The molecule has 15 nitrogen and oxygen atoms in total. The highest BCUT2D eigenvalue weighted by molar-refractivity contribution is 5.96. The van der Waals surface area contributed by atoms with Gasteiger partial charge in [0.15, 0.2) is 0 Å². The second-order valence-corrected chi connectivity index (χ2v) is 8.51. The Bertz CT molecular complexity index is 1540. The average Bonchev–Trinajstić information content (AvgIpc) is 2.95. The summed E-state index contributed by atoms with van der Waals surface area (Å²) in [6.45, 7) is 0. The molecule has 0 fully saturated rings. The monoisotopic (exact) mass is 573 g/mol. The van der Waals surface area contributed by atoms with Crippen molar-refractivity contribution in [2.75, 3.05) is 0 Å². The summed E-state index contributed by atoms with van der Waals surface area (Å²) in [4.78, 5) is 80.6.